The average molecular weight is 377 g/mol. The summed E-state index contributed by atoms with van der Waals surface area (Å²) >= 11 is 5.25. The van der Waals surface area contributed by atoms with Gasteiger partial charge in [-0.25, -0.2) is 4.98 Å². The first-order chi connectivity index (χ1) is 10.7. The van der Waals surface area contributed by atoms with Gasteiger partial charge < -0.3 is 4.74 Å². The first kappa shape index (κ1) is 13.5. The Bertz CT molecular complexity index is 738. The van der Waals surface area contributed by atoms with Gasteiger partial charge in [-0.3, -0.25) is 4.90 Å². The van der Waals surface area contributed by atoms with E-state index >= 15 is 0 Å². The highest BCUT2D eigenvalue weighted by molar-refractivity contribution is 9.11. The highest BCUT2D eigenvalue weighted by Gasteiger charge is 2.52. The molecule has 3 saturated heterocycles. The van der Waals surface area contributed by atoms with Gasteiger partial charge in [0.05, 0.1) is 3.79 Å². The van der Waals surface area contributed by atoms with Gasteiger partial charge in [-0.2, -0.15) is 0 Å². The van der Waals surface area contributed by atoms with Crippen molar-refractivity contribution in [2.24, 2.45) is 5.92 Å². The predicted octanol–water partition coefficient (Wildman–Crippen LogP) is 3.97. The van der Waals surface area contributed by atoms with Gasteiger partial charge in [-0.1, -0.05) is 0 Å². The predicted molar refractivity (Wildman–Crippen MR) is 91.5 cm³/mol. The van der Waals surface area contributed by atoms with Crippen molar-refractivity contribution in [2.75, 3.05) is 19.6 Å². The van der Waals surface area contributed by atoms with Crippen molar-refractivity contribution in [2.45, 2.75) is 24.9 Å². The summed E-state index contributed by atoms with van der Waals surface area (Å²) in [5, 5.41) is 2.17. The molecule has 6 heterocycles. The molecule has 2 bridgehead atoms. The number of hydrogen-bond acceptors (Lipinski definition) is 4. The van der Waals surface area contributed by atoms with Crippen LogP contribution in [0.4, 0.5) is 0 Å². The highest BCUT2D eigenvalue weighted by Crippen LogP contribution is 2.46. The molecular formula is C17H17BrN2OS. The van der Waals surface area contributed by atoms with Crippen molar-refractivity contribution < 1.29 is 4.74 Å². The smallest absolute Gasteiger partial charge is 0.217 e. The third kappa shape index (κ3) is 1.99. The molecule has 6 rings (SSSR count). The second kappa shape index (κ2) is 4.79. The number of piperidine rings is 3. The Morgan fingerprint density at radius 1 is 1.27 bits per heavy atom. The van der Waals surface area contributed by atoms with Crippen LogP contribution in [0.2, 0.25) is 0 Å². The van der Waals surface area contributed by atoms with Gasteiger partial charge in [0.25, 0.3) is 0 Å². The summed E-state index contributed by atoms with van der Waals surface area (Å²) in [7, 11) is 0. The number of pyridine rings is 1. The van der Waals surface area contributed by atoms with Crippen LogP contribution in [0.1, 0.15) is 18.4 Å². The van der Waals surface area contributed by atoms with Gasteiger partial charge in [-0.05, 0) is 64.9 Å². The Morgan fingerprint density at radius 2 is 2.14 bits per heavy atom. The molecule has 1 atom stereocenters. The van der Waals surface area contributed by atoms with E-state index in [2.05, 4.69) is 43.3 Å². The molecule has 0 aromatic carbocycles. The number of rotatable bonds is 1. The van der Waals surface area contributed by atoms with E-state index in [0.717, 1.165) is 22.6 Å². The van der Waals surface area contributed by atoms with Crippen LogP contribution in [-0.2, 0) is 6.42 Å². The molecule has 2 aromatic rings. The third-order valence-corrected chi connectivity index (χ3v) is 6.94. The fourth-order valence-electron chi connectivity index (χ4n) is 4.33. The molecule has 114 valence electrons. The van der Waals surface area contributed by atoms with Crippen molar-refractivity contribution in [3.05, 3.63) is 33.1 Å². The second-order valence-electron chi connectivity index (χ2n) is 6.72. The lowest BCUT2D eigenvalue weighted by molar-refractivity contribution is -0.0814. The monoisotopic (exact) mass is 376 g/mol. The summed E-state index contributed by atoms with van der Waals surface area (Å²) in [5.74, 6) is 1.57. The Morgan fingerprint density at radius 3 is 2.82 bits per heavy atom. The molecule has 0 N–H and O–H groups in total. The lowest BCUT2D eigenvalue weighted by Gasteiger charge is -2.50. The largest absolute Gasteiger partial charge is 0.469 e. The van der Waals surface area contributed by atoms with E-state index in [1.165, 1.54) is 42.6 Å². The molecule has 1 spiro atoms. The fourth-order valence-corrected chi connectivity index (χ4v) is 5.49. The van der Waals surface area contributed by atoms with Crippen molar-refractivity contribution in [1.29, 1.82) is 0 Å². The minimum Gasteiger partial charge on any atom is -0.469 e. The third-order valence-electron chi connectivity index (χ3n) is 5.44. The van der Waals surface area contributed by atoms with Gasteiger partial charge in [0.1, 0.15) is 5.60 Å². The molecule has 2 aromatic heterocycles. The van der Waals surface area contributed by atoms with Crippen LogP contribution < -0.4 is 4.74 Å². The fraction of sp³-hybridized carbons (Fsp3) is 0.471. The zero-order valence-electron chi connectivity index (χ0n) is 12.2. The average Bonchev–Trinajstić information content (AvgIpc) is 3.11. The van der Waals surface area contributed by atoms with Crippen LogP contribution in [-0.4, -0.2) is 35.1 Å². The Kier molecular flexibility index (Phi) is 2.94. The Balaban J connectivity index is 1.49. The van der Waals surface area contributed by atoms with Crippen LogP contribution in [0, 0.1) is 5.92 Å². The molecule has 0 aliphatic carbocycles. The number of ether oxygens (including phenoxy) is 1. The summed E-state index contributed by atoms with van der Waals surface area (Å²) in [6, 6.07) is 4.44. The molecule has 0 saturated carbocycles. The number of hydrogen-bond donors (Lipinski definition) is 0. The number of fused-ring (bicyclic) bond motifs is 3. The molecule has 22 heavy (non-hydrogen) atoms. The minimum atomic E-state index is -0.000311. The molecule has 3 fully saturated rings. The first-order valence-electron chi connectivity index (χ1n) is 7.87. The van der Waals surface area contributed by atoms with Gasteiger partial charge in [0.2, 0.25) is 5.88 Å². The van der Waals surface area contributed by atoms with Crippen molar-refractivity contribution in [3.63, 3.8) is 0 Å². The zero-order chi connectivity index (χ0) is 14.7. The quantitative estimate of drug-likeness (QED) is 0.752. The highest BCUT2D eigenvalue weighted by atomic mass is 79.9. The Labute approximate surface area is 142 Å². The lowest BCUT2D eigenvalue weighted by atomic mass is 9.73. The molecule has 5 heteroatoms. The van der Waals surface area contributed by atoms with E-state index < -0.39 is 0 Å². The maximum absolute atomic E-state index is 6.41. The van der Waals surface area contributed by atoms with E-state index in [9.17, 15) is 0 Å². The summed E-state index contributed by atoms with van der Waals surface area (Å²) in [4.78, 5) is 7.18. The van der Waals surface area contributed by atoms with E-state index in [1.54, 1.807) is 11.3 Å². The standard InChI is InChI=1S/C17H17BrN2OS/c18-15-6-13(9-22-15)12-5-11-7-17(21-16(11)19-8-12)10-20-3-1-14(17)2-4-20/h5-6,8-9,14H,1-4,7,10H2. The maximum Gasteiger partial charge on any atom is 0.217 e. The van der Waals surface area contributed by atoms with Crippen molar-refractivity contribution >= 4 is 27.3 Å². The molecule has 1 unspecified atom stereocenters. The molecule has 0 amide bonds. The van der Waals surface area contributed by atoms with Crippen LogP contribution in [0.5, 0.6) is 5.88 Å². The molecule has 4 aliphatic heterocycles. The molecular weight excluding hydrogens is 360 g/mol. The number of nitrogens with zero attached hydrogens (tertiary/aromatic N) is 2. The lowest BCUT2D eigenvalue weighted by Crippen LogP contribution is -2.61. The van der Waals surface area contributed by atoms with E-state index in [-0.39, 0.29) is 5.60 Å². The van der Waals surface area contributed by atoms with E-state index in [1.807, 2.05) is 6.20 Å². The normalized spacial score (nSPS) is 32.2. The molecule has 0 radical (unpaired) electrons. The van der Waals surface area contributed by atoms with Crippen molar-refractivity contribution in [3.8, 4) is 17.0 Å². The van der Waals surface area contributed by atoms with Crippen molar-refractivity contribution in [1.82, 2.24) is 9.88 Å². The second-order valence-corrected chi connectivity index (χ2v) is 9.01. The number of aromatic nitrogens is 1. The van der Waals surface area contributed by atoms with Gasteiger partial charge in [-0.15, -0.1) is 11.3 Å². The topological polar surface area (TPSA) is 25.4 Å². The molecule has 4 aliphatic rings. The maximum atomic E-state index is 6.41. The number of halogens is 1. The Hall–Kier alpha value is -0.910. The molecule has 3 nitrogen and oxygen atoms in total. The minimum absolute atomic E-state index is 0.000311. The summed E-state index contributed by atoms with van der Waals surface area (Å²) in [6.45, 7) is 3.56. The van der Waals surface area contributed by atoms with Crippen LogP contribution in [0.15, 0.2) is 27.5 Å². The first-order valence-corrected chi connectivity index (χ1v) is 9.54. The summed E-state index contributed by atoms with van der Waals surface area (Å²) in [6.07, 6.45) is 5.53. The van der Waals surface area contributed by atoms with E-state index in [4.69, 9.17) is 4.74 Å². The van der Waals surface area contributed by atoms with E-state index in [0.29, 0.717) is 5.92 Å². The summed E-state index contributed by atoms with van der Waals surface area (Å²) < 4.78 is 7.57. The van der Waals surface area contributed by atoms with Crippen LogP contribution in [0.3, 0.4) is 0 Å². The van der Waals surface area contributed by atoms with Gasteiger partial charge in [0, 0.05) is 36.2 Å². The SMILES string of the molecule is Brc1cc(-c2cnc3c(c2)CC2(CN4CCC2CC4)O3)cs1. The van der Waals surface area contributed by atoms with Crippen LogP contribution >= 0.6 is 27.3 Å². The summed E-state index contributed by atoms with van der Waals surface area (Å²) in [5.41, 5.74) is 3.72. The number of thiophene rings is 1. The van der Waals surface area contributed by atoms with Crippen LogP contribution in [0.25, 0.3) is 11.1 Å². The van der Waals surface area contributed by atoms with Gasteiger partial charge in [0.15, 0.2) is 0 Å². The zero-order valence-corrected chi connectivity index (χ0v) is 14.6. The van der Waals surface area contributed by atoms with Gasteiger partial charge >= 0.3 is 0 Å².